The summed E-state index contributed by atoms with van der Waals surface area (Å²) in [6.45, 7) is 8.90. The molecule has 25 heavy (non-hydrogen) atoms. The van der Waals surface area contributed by atoms with E-state index in [4.69, 9.17) is 14.0 Å². The quantitative estimate of drug-likeness (QED) is 0.852. The minimum atomic E-state index is -0.474. The standard InChI is InChI=1S/C19H24FNO4/c1-18(2)15(19(18,3)4)10-24-17-14(9-22)21-25-16(17)12-8-11(23-5)6-7-13(12)20/h6-8,15,22H,9-10H2,1-5H3. The summed E-state index contributed by atoms with van der Waals surface area (Å²) in [5.41, 5.74) is 0.764. The Kier molecular flexibility index (Phi) is 4.27. The van der Waals surface area contributed by atoms with Gasteiger partial charge in [-0.1, -0.05) is 32.9 Å². The lowest BCUT2D eigenvalue weighted by Gasteiger charge is -2.09. The highest BCUT2D eigenvalue weighted by Gasteiger charge is 2.64. The Labute approximate surface area is 146 Å². The normalized spacial score (nSPS) is 18.2. The summed E-state index contributed by atoms with van der Waals surface area (Å²) in [6, 6.07) is 4.35. The van der Waals surface area contributed by atoms with Crippen LogP contribution in [-0.2, 0) is 6.61 Å². The number of hydrogen-bond donors (Lipinski definition) is 1. The van der Waals surface area contributed by atoms with Crippen LogP contribution in [0.2, 0.25) is 0 Å². The lowest BCUT2D eigenvalue weighted by Crippen LogP contribution is -2.06. The number of halogens is 1. The van der Waals surface area contributed by atoms with Gasteiger partial charge >= 0.3 is 0 Å². The molecule has 0 bridgehead atoms. The number of aliphatic hydroxyl groups excluding tert-OH is 1. The predicted octanol–water partition coefficient (Wildman–Crippen LogP) is 4.04. The molecule has 0 spiro atoms. The number of hydrogen-bond acceptors (Lipinski definition) is 5. The van der Waals surface area contributed by atoms with E-state index in [-0.39, 0.29) is 40.2 Å². The number of methoxy groups -OCH3 is 1. The van der Waals surface area contributed by atoms with Crippen LogP contribution in [-0.4, -0.2) is 24.0 Å². The van der Waals surface area contributed by atoms with Crippen LogP contribution in [0.15, 0.2) is 22.7 Å². The zero-order valence-corrected chi connectivity index (χ0v) is 15.2. The van der Waals surface area contributed by atoms with Gasteiger partial charge in [0, 0.05) is 5.92 Å². The van der Waals surface area contributed by atoms with Crippen molar-refractivity contribution in [3.63, 3.8) is 0 Å². The van der Waals surface area contributed by atoms with E-state index < -0.39 is 5.82 Å². The number of nitrogens with zero attached hydrogens (tertiary/aromatic N) is 1. The molecule has 0 atom stereocenters. The summed E-state index contributed by atoms with van der Waals surface area (Å²) < 4.78 is 30.7. The molecule has 5 nitrogen and oxygen atoms in total. The highest BCUT2D eigenvalue weighted by molar-refractivity contribution is 5.67. The van der Waals surface area contributed by atoms with Gasteiger partial charge in [-0.15, -0.1) is 0 Å². The smallest absolute Gasteiger partial charge is 0.212 e. The van der Waals surface area contributed by atoms with Crippen molar-refractivity contribution < 1.29 is 23.5 Å². The first-order valence-electron chi connectivity index (χ1n) is 8.30. The second-order valence-corrected chi connectivity index (χ2v) is 7.60. The van der Waals surface area contributed by atoms with Crippen molar-refractivity contribution in [2.75, 3.05) is 13.7 Å². The number of ether oxygens (including phenoxy) is 2. The lowest BCUT2D eigenvalue weighted by atomic mass is 10.0. The van der Waals surface area contributed by atoms with E-state index in [1.165, 1.54) is 25.3 Å². The molecule has 1 heterocycles. The molecule has 0 radical (unpaired) electrons. The van der Waals surface area contributed by atoms with Gasteiger partial charge in [-0.25, -0.2) is 4.39 Å². The van der Waals surface area contributed by atoms with Crippen LogP contribution in [0.1, 0.15) is 33.4 Å². The van der Waals surface area contributed by atoms with Crippen LogP contribution in [0.25, 0.3) is 11.3 Å². The molecule has 1 aliphatic carbocycles. The van der Waals surface area contributed by atoms with E-state index in [9.17, 15) is 9.50 Å². The third kappa shape index (κ3) is 2.78. The summed E-state index contributed by atoms with van der Waals surface area (Å²) in [7, 11) is 1.51. The zero-order valence-electron chi connectivity index (χ0n) is 15.2. The van der Waals surface area contributed by atoms with Crippen LogP contribution >= 0.6 is 0 Å². The average molecular weight is 349 g/mol. The number of rotatable bonds is 6. The van der Waals surface area contributed by atoms with Crippen molar-refractivity contribution in [1.82, 2.24) is 5.16 Å². The summed E-state index contributed by atoms with van der Waals surface area (Å²) in [5.74, 6) is 0.821. The molecular formula is C19H24FNO4. The topological polar surface area (TPSA) is 64.7 Å². The molecule has 1 aliphatic rings. The first-order chi connectivity index (χ1) is 11.7. The van der Waals surface area contributed by atoms with Crippen molar-refractivity contribution in [3.05, 3.63) is 29.7 Å². The van der Waals surface area contributed by atoms with Crippen LogP contribution in [0.3, 0.4) is 0 Å². The minimum absolute atomic E-state index is 0.158. The second kappa shape index (κ2) is 6.02. The highest BCUT2D eigenvalue weighted by atomic mass is 19.1. The molecular weight excluding hydrogens is 325 g/mol. The summed E-state index contributed by atoms with van der Waals surface area (Å²) in [5, 5.41) is 13.3. The van der Waals surface area contributed by atoms with E-state index >= 15 is 0 Å². The SMILES string of the molecule is COc1ccc(F)c(-c2onc(CO)c2OCC2C(C)(C)C2(C)C)c1. The molecule has 1 aromatic heterocycles. The highest BCUT2D eigenvalue weighted by Crippen LogP contribution is 2.68. The lowest BCUT2D eigenvalue weighted by molar-refractivity contribution is 0.244. The van der Waals surface area contributed by atoms with Gasteiger partial charge in [-0.3, -0.25) is 0 Å². The predicted molar refractivity (Wildman–Crippen MR) is 90.9 cm³/mol. The average Bonchev–Trinajstić information content (AvgIpc) is 2.88. The molecule has 136 valence electrons. The maximum absolute atomic E-state index is 14.3. The molecule has 0 unspecified atom stereocenters. The number of aliphatic hydroxyl groups is 1. The van der Waals surface area contributed by atoms with Gasteiger partial charge in [0.1, 0.15) is 11.6 Å². The Bertz CT molecular complexity index is 768. The monoisotopic (exact) mass is 349 g/mol. The molecule has 3 rings (SSSR count). The molecule has 1 fully saturated rings. The Morgan fingerprint density at radius 2 is 1.92 bits per heavy atom. The molecule has 0 aliphatic heterocycles. The first kappa shape index (κ1) is 17.7. The Morgan fingerprint density at radius 3 is 2.48 bits per heavy atom. The Morgan fingerprint density at radius 1 is 1.24 bits per heavy atom. The fourth-order valence-corrected chi connectivity index (χ4v) is 3.46. The van der Waals surface area contributed by atoms with Crippen molar-refractivity contribution in [2.45, 2.75) is 34.3 Å². The minimum Gasteiger partial charge on any atom is -0.497 e. The van der Waals surface area contributed by atoms with Crippen LogP contribution in [0.4, 0.5) is 4.39 Å². The number of benzene rings is 1. The Hall–Kier alpha value is -2.08. The zero-order chi connectivity index (χ0) is 18.4. The van der Waals surface area contributed by atoms with E-state index in [0.29, 0.717) is 18.3 Å². The second-order valence-electron chi connectivity index (χ2n) is 7.60. The van der Waals surface area contributed by atoms with Gasteiger partial charge in [0.2, 0.25) is 5.76 Å². The van der Waals surface area contributed by atoms with E-state index in [1.54, 1.807) is 0 Å². The summed E-state index contributed by atoms with van der Waals surface area (Å²) in [6.07, 6.45) is 0. The van der Waals surface area contributed by atoms with Crippen molar-refractivity contribution in [3.8, 4) is 22.8 Å². The third-order valence-electron chi connectivity index (χ3n) is 6.00. The van der Waals surface area contributed by atoms with Crippen molar-refractivity contribution in [1.29, 1.82) is 0 Å². The molecule has 1 aromatic carbocycles. The van der Waals surface area contributed by atoms with Gasteiger partial charge in [-0.05, 0) is 29.0 Å². The summed E-state index contributed by atoms with van der Waals surface area (Å²) in [4.78, 5) is 0. The van der Waals surface area contributed by atoms with Gasteiger partial charge in [0.05, 0.1) is 25.9 Å². The van der Waals surface area contributed by atoms with Crippen LogP contribution < -0.4 is 9.47 Å². The van der Waals surface area contributed by atoms with Crippen molar-refractivity contribution >= 4 is 0 Å². The summed E-state index contributed by atoms with van der Waals surface area (Å²) >= 11 is 0. The largest absolute Gasteiger partial charge is 0.497 e. The maximum Gasteiger partial charge on any atom is 0.212 e. The van der Waals surface area contributed by atoms with E-state index in [0.717, 1.165) is 0 Å². The van der Waals surface area contributed by atoms with Crippen molar-refractivity contribution in [2.24, 2.45) is 16.7 Å². The van der Waals surface area contributed by atoms with Gasteiger partial charge in [0.15, 0.2) is 11.4 Å². The van der Waals surface area contributed by atoms with Gasteiger partial charge < -0.3 is 19.1 Å². The van der Waals surface area contributed by atoms with E-state index in [2.05, 4.69) is 32.9 Å². The molecule has 1 N–H and O–H groups in total. The molecule has 0 saturated heterocycles. The fraction of sp³-hybridized carbons (Fsp3) is 0.526. The Balaban J connectivity index is 1.91. The molecule has 6 heteroatoms. The molecule has 0 amide bonds. The van der Waals surface area contributed by atoms with Crippen LogP contribution in [0.5, 0.6) is 11.5 Å². The third-order valence-corrected chi connectivity index (χ3v) is 6.00. The molecule has 1 saturated carbocycles. The van der Waals surface area contributed by atoms with Gasteiger partial charge in [0.25, 0.3) is 0 Å². The van der Waals surface area contributed by atoms with E-state index in [1.807, 2.05) is 0 Å². The fourth-order valence-electron chi connectivity index (χ4n) is 3.46. The van der Waals surface area contributed by atoms with Gasteiger partial charge in [-0.2, -0.15) is 0 Å². The first-order valence-corrected chi connectivity index (χ1v) is 8.30. The number of aromatic nitrogens is 1. The maximum atomic E-state index is 14.3. The van der Waals surface area contributed by atoms with Crippen LogP contribution in [0, 0.1) is 22.6 Å². The molecule has 2 aromatic rings.